The fraction of sp³-hybridized carbons (Fsp3) is 0.308. The lowest BCUT2D eigenvalue weighted by molar-refractivity contribution is 0.512. The van der Waals surface area contributed by atoms with Gasteiger partial charge in [0.05, 0.1) is 0 Å². The maximum atomic E-state index is 5.33. The van der Waals surface area contributed by atoms with Gasteiger partial charge in [0.2, 0.25) is 0 Å². The molecule has 2 nitrogen and oxygen atoms in total. The maximum Gasteiger partial charge on any atom is 0.177 e. The van der Waals surface area contributed by atoms with Crippen LogP contribution in [0.1, 0.15) is 22.9 Å². The van der Waals surface area contributed by atoms with Crippen LogP contribution >= 0.6 is 12.2 Å². The molecule has 0 radical (unpaired) electrons. The molecule has 1 N–H and O–H groups in total. The van der Waals surface area contributed by atoms with E-state index in [0.29, 0.717) is 6.04 Å². The van der Waals surface area contributed by atoms with E-state index in [1.807, 2.05) is 6.20 Å². The Morgan fingerprint density at radius 2 is 1.88 bits per heavy atom. The van der Waals surface area contributed by atoms with Crippen LogP contribution in [0.15, 0.2) is 30.5 Å². The Labute approximate surface area is 99.9 Å². The summed E-state index contributed by atoms with van der Waals surface area (Å²) in [6, 6.07) is 9.17. The molecule has 0 unspecified atom stereocenters. The molecule has 1 aliphatic carbocycles. The summed E-state index contributed by atoms with van der Waals surface area (Å²) in [6.07, 6.45) is 4.19. The summed E-state index contributed by atoms with van der Waals surface area (Å²) in [6.45, 7) is 2.11. The maximum absolute atomic E-state index is 5.33. The number of hydrogen-bond donors (Lipinski definition) is 1. The van der Waals surface area contributed by atoms with Gasteiger partial charge in [-0.2, -0.15) is 0 Å². The molecule has 1 aliphatic rings. The van der Waals surface area contributed by atoms with Crippen molar-refractivity contribution in [1.29, 1.82) is 0 Å². The third kappa shape index (κ3) is 1.43. The molecule has 0 atom stereocenters. The Kier molecular flexibility index (Phi) is 2.21. The fourth-order valence-corrected chi connectivity index (χ4v) is 2.99. The molecular formula is C13H14N2S. The first-order valence-corrected chi connectivity index (χ1v) is 6.00. The second-order valence-electron chi connectivity index (χ2n) is 4.44. The largest absolute Gasteiger partial charge is 0.337 e. The van der Waals surface area contributed by atoms with Crippen LogP contribution in [-0.2, 0) is 12.8 Å². The van der Waals surface area contributed by atoms with Gasteiger partial charge in [-0.05, 0) is 43.1 Å². The molecule has 1 heterocycles. The highest BCUT2D eigenvalue weighted by atomic mass is 32.1. The summed E-state index contributed by atoms with van der Waals surface area (Å²) in [5, 5.41) is 0. The monoisotopic (exact) mass is 230 g/mol. The van der Waals surface area contributed by atoms with Crippen LogP contribution in [0.4, 0.5) is 0 Å². The molecule has 3 rings (SSSR count). The summed E-state index contributed by atoms with van der Waals surface area (Å²) in [5.74, 6) is 0. The van der Waals surface area contributed by atoms with Crippen molar-refractivity contribution in [2.75, 3.05) is 0 Å². The van der Waals surface area contributed by atoms with Gasteiger partial charge >= 0.3 is 0 Å². The summed E-state index contributed by atoms with van der Waals surface area (Å²) < 4.78 is 3.09. The van der Waals surface area contributed by atoms with E-state index in [2.05, 4.69) is 40.7 Å². The number of nitrogens with zero attached hydrogens (tertiary/aromatic N) is 1. The van der Waals surface area contributed by atoms with Crippen LogP contribution in [0, 0.1) is 11.7 Å². The summed E-state index contributed by atoms with van der Waals surface area (Å²) >= 11 is 5.33. The quantitative estimate of drug-likeness (QED) is 0.746. The highest BCUT2D eigenvalue weighted by Crippen LogP contribution is 2.30. The molecule has 3 heteroatoms. The van der Waals surface area contributed by atoms with Crippen molar-refractivity contribution in [3.8, 4) is 0 Å². The number of aryl methyl sites for hydroxylation is 1. The first kappa shape index (κ1) is 9.85. The van der Waals surface area contributed by atoms with Gasteiger partial charge in [0.25, 0.3) is 0 Å². The second kappa shape index (κ2) is 3.59. The Hall–Kier alpha value is -1.35. The number of aromatic nitrogens is 2. The van der Waals surface area contributed by atoms with Gasteiger partial charge in [0, 0.05) is 17.9 Å². The normalized spacial score (nSPS) is 15.3. The van der Waals surface area contributed by atoms with E-state index in [0.717, 1.165) is 17.6 Å². The minimum atomic E-state index is 0.496. The average Bonchev–Trinajstić information content (AvgIpc) is 2.82. The number of imidazole rings is 1. The second-order valence-corrected chi connectivity index (χ2v) is 4.82. The predicted molar refractivity (Wildman–Crippen MR) is 67.2 cm³/mol. The molecule has 0 bridgehead atoms. The number of rotatable bonds is 1. The van der Waals surface area contributed by atoms with Gasteiger partial charge in [-0.3, -0.25) is 0 Å². The van der Waals surface area contributed by atoms with Gasteiger partial charge in [0.15, 0.2) is 4.77 Å². The fourth-order valence-electron chi connectivity index (χ4n) is 2.64. The lowest BCUT2D eigenvalue weighted by Gasteiger charge is -2.13. The van der Waals surface area contributed by atoms with Crippen LogP contribution < -0.4 is 0 Å². The highest BCUT2D eigenvalue weighted by molar-refractivity contribution is 7.71. The Morgan fingerprint density at radius 1 is 1.25 bits per heavy atom. The smallest absolute Gasteiger partial charge is 0.177 e. The number of hydrogen-bond acceptors (Lipinski definition) is 1. The number of fused-ring (bicyclic) bond motifs is 1. The molecule has 0 spiro atoms. The van der Waals surface area contributed by atoms with Crippen molar-refractivity contribution >= 4 is 12.2 Å². The Bertz CT molecular complexity index is 555. The van der Waals surface area contributed by atoms with E-state index in [4.69, 9.17) is 12.2 Å². The molecule has 1 aromatic heterocycles. The van der Waals surface area contributed by atoms with Crippen LogP contribution in [-0.4, -0.2) is 9.55 Å². The molecular weight excluding hydrogens is 216 g/mol. The predicted octanol–water partition coefficient (Wildman–Crippen LogP) is 3.19. The molecule has 0 saturated carbocycles. The zero-order valence-corrected chi connectivity index (χ0v) is 10.1. The zero-order valence-electron chi connectivity index (χ0n) is 9.23. The van der Waals surface area contributed by atoms with Crippen molar-refractivity contribution < 1.29 is 0 Å². The van der Waals surface area contributed by atoms with Gasteiger partial charge in [-0.15, -0.1) is 0 Å². The van der Waals surface area contributed by atoms with Crippen LogP contribution in [0.25, 0.3) is 0 Å². The van der Waals surface area contributed by atoms with E-state index in [1.165, 1.54) is 16.8 Å². The topological polar surface area (TPSA) is 20.7 Å². The van der Waals surface area contributed by atoms with Crippen LogP contribution in [0.2, 0.25) is 0 Å². The van der Waals surface area contributed by atoms with E-state index >= 15 is 0 Å². The minimum absolute atomic E-state index is 0.496. The van der Waals surface area contributed by atoms with Gasteiger partial charge in [-0.1, -0.05) is 24.3 Å². The van der Waals surface area contributed by atoms with Crippen molar-refractivity contribution in [1.82, 2.24) is 9.55 Å². The Balaban J connectivity index is 2.00. The third-order valence-electron chi connectivity index (χ3n) is 3.40. The van der Waals surface area contributed by atoms with E-state index in [-0.39, 0.29) is 0 Å². The number of benzene rings is 1. The molecule has 0 saturated heterocycles. The molecule has 0 fully saturated rings. The molecule has 16 heavy (non-hydrogen) atoms. The first-order chi connectivity index (χ1) is 7.75. The summed E-state index contributed by atoms with van der Waals surface area (Å²) in [5.41, 5.74) is 4.16. The molecule has 2 aromatic rings. The first-order valence-electron chi connectivity index (χ1n) is 5.59. The summed E-state index contributed by atoms with van der Waals surface area (Å²) in [4.78, 5) is 3.12. The van der Waals surface area contributed by atoms with Crippen molar-refractivity contribution in [3.63, 3.8) is 0 Å². The summed E-state index contributed by atoms with van der Waals surface area (Å²) in [7, 11) is 0. The standard InChI is InChI=1S/C13H14N2S/c1-9-8-14-13(16)15(9)12-6-10-4-2-3-5-11(10)7-12/h2-5,8,12H,6-7H2,1H3,(H,14,16). The molecule has 0 aliphatic heterocycles. The van der Waals surface area contributed by atoms with E-state index in [1.54, 1.807) is 0 Å². The van der Waals surface area contributed by atoms with Crippen molar-refractivity contribution in [2.45, 2.75) is 25.8 Å². The minimum Gasteiger partial charge on any atom is -0.337 e. The van der Waals surface area contributed by atoms with E-state index < -0.39 is 0 Å². The van der Waals surface area contributed by atoms with Gasteiger partial charge < -0.3 is 9.55 Å². The van der Waals surface area contributed by atoms with Crippen molar-refractivity contribution in [2.24, 2.45) is 0 Å². The number of nitrogens with one attached hydrogen (secondary N) is 1. The van der Waals surface area contributed by atoms with Crippen molar-refractivity contribution in [3.05, 3.63) is 52.1 Å². The molecule has 82 valence electrons. The SMILES string of the molecule is Cc1c[nH]c(=S)n1C1Cc2ccccc2C1. The lowest BCUT2D eigenvalue weighted by Crippen LogP contribution is -2.10. The molecule has 1 aromatic carbocycles. The van der Waals surface area contributed by atoms with Gasteiger partial charge in [-0.25, -0.2) is 0 Å². The average molecular weight is 230 g/mol. The zero-order chi connectivity index (χ0) is 11.1. The van der Waals surface area contributed by atoms with Gasteiger partial charge in [0.1, 0.15) is 0 Å². The number of H-pyrrole nitrogens is 1. The highest BCUT2D eigenvalue weighted by Gasteiger charge is 2.23. The van der Waals surface area contributed by atoms with E-state index in [9.17, 15) is 0 Å². The lowest BCUT2D eigenvalue weighted by atomic mass is 10.1. The Morgan fingerprint density at radius 3 is 2.38 bits per heavy atom. The molecule has 0 amide bonds. The third-order valence-corrected chi connectivity index (χ3v) is 3.71. The van der Waals surface area contributed by atoms with Crippen LogP contribution in [0.3, 0.4) is 0 Å². The van der Waals surface area contributed by atoms with Crippen LogP contribution in [0.5, 0.6) is 0 Å². The number of aromatic amines is 1.